The summed E-state index contributed by atoms with van der Waals surface area (Å²) in [5, 5.41) is 3.58. The normalized spacial score (nSPS) is 10.7. The lowest BCUT2D eigenvalue weighted by molar-refractivity contribution is -0.118. The summed E-state index contributed by atoms with van der Waals surface area (Å²) in [5.41, 5.74) is 6.10. The highest BCUT2D eigenvalue weighted by Crippen LogP contribution is 2.15. The van der Waals surface area contributed by atoms with Crippen molar-refractivity contribution in [1.29, 1.82) is 0 Å². The van der Waals surface area contributed by atoms with Gasteiger partial charge in [-0.05, 0) is 24.6 Å². The summed E-state index contributed by atoms with van der Waals surface area (Å²) in [6.45, 7) is 2.31. The standard InChI is InChI=1S/C13H15ClN4O2/c1-8(19)16-5-2-6-18-12(20)10-7-9(14)3-4-11(10)17-13(18)15/h3-4,7H,2,5-6H2,1H3,(H2,15,17)(H,16,19). The largest absolute Gasteiger partial charge is 0.369 e. The number of nitrogens with two attached hydrogens (primary N) is 1. The smallest absolute Gasteiger partial charge is 0.262 e. The molecule has 0 saturated heterocycles. The lowest BCUT2D eigenvalue weighted by atomic mass is 10.2. The lowest BCUT2D eigenvalue weighted by Gasteiger charge is -2.10. The maximum Gasteiger partial charge on any atom is 0.262 e. The molecule has 2 rings (SSSR count). The van der Waals surface area contributed by atoms with E-state index in [0.717, 1.165) is 0 Å². The van der Waals surface area contributed by atoms with Crippen LogP contribution in [0.2, 0.25) is 5.02 Å². The predicted molar refractivity (Wildman–Crippen MR) is 78.7 cm³/mol. The summed E-state index contributed by atoms with van der Waals surface area (Å²) >= 11 is 5.89. The number of aromatic nitrogens is 2. The molecule has 0 fully saturated rings. The van der Waals surface area contributed by atoms with E-state index >= 15 is 0 Å². The molecule has 0 spiro atoms. The van der Waals surface area contributed by atoms with Crippen LogP contribution in [0.3, 0.4) is 0 Å². The van der Waals surface area contributed by atoms with Crippen LogP contribution in [0, 0.1) is 0 Å². The molecule has 106 valence electrons. The summed E-state index contributed by atoms with van der Waals surface area (Å²) in [6.07, 6.45) is 0.595. The Morgan fingerprint density at radius 2 is 2.25 bits per heavy atom. The first-order chi connectivity index (χ1) is 9.49. The van der Waals surface area contributed by atoms with Gasteiger partial charge in [-0.15, -0.1) is 0 Å². The van der Waals surface area contributed by atoms with Crippen LogP contribution in [0.15, 0.2) is 23.0 Å². The van der Waals surface area contributed by atoms with Crippen LogP contribution in [0.25, 0.3) is 10.9 Å². The number of anilines is 1. The molecule has 20 heavy (non-hydrogen) atoms. The number of benzene rings is 1. The number of fused-ring (bicyclic) bond motifs is 1. The number of nitrogen functional groups attached to an aromatic ring is 1. The number of carbonyl (C=O) groups excluding carboxylic acids is 1. The predicted octanol–water partition coefficient (Wildman–Crippen LogP) is 1.16. The second kappa shape index (κ2) is 5.92. The van der Waals surface area contributed by atoms with E-state index in [-0.39, 0.29) is 17.4 Å². The molecule has 0 unspecified atom stereocenters. The third kappa shape index (κ3) is 3.08. The van der Waals surface area contributed by atoms with Crippen molar-refractivity contribution >= 4 is 34.4 Å². The number of hydrogen-bond acceptors (Lipinski definition) is 4. The Balaban J connectivity index is 2.29. The zero-order chi connectivity index (χ0) is 14.7. The van der Waals surface area contributed by atoms with E-state index in [1.54, 1.807) is 18.2 Å². The number of amides is 1. The van der Waals surface area contributed by atoms with Crippen LogP contribution in [0.5, 0.6) is 0 Å². The molecule has 1 amide bonds. The summed E-state index contributed by atoms with van der Waals surface area (Å²) in [5.74, 6) is 0.0568. The van der Waals surface area contributed by atoms with Gasteiger partial charge in [-0.2, -0.15) is 0 Å². The molecule has 0 aliphatic rings. The highest BCUT2D eigenvalue weighted by Gasteiger charge is 2.09. The Kier molecular flexibility index (Phi) is 4.24. The summed E-state index contributed by atoms with van der Waals surface area (Å²) < 4.78 is 1.39. The van der Waals surface area contributed by atoms with Gasteiger partial charge in [0.1, 0.15) is 0 Å². The summed E-state index contributed by atoms with van der Waals surface area (Å²) in [7, 11) is 0. The summed E-state index contributed by atoms with van der Waals surface area (Å²) in [4.78, 5) is 27.3. The monoisotopic (exact) mass is 294 g/mol. The zero-order valence-electron chi connectivity index (χ0n) is 11.0. The number of hydrogen-bond donors (Lipinski definition) is 2. The van der Waals surface area contributed by atoms with E-state index in [4.69, 9.17) is 17.3 Å². The number of halogens is 1. The second-order valence-electron chi connectivity index (χ2n) is 4.42. The minimum Gasteiger partial charge on any atom is -0.369 e. The first-order valence-electron chi connectivity index (χ1n) is 6.19. The maximum absolute atomic E-state index is 12.3. The minimum absolute atomic E-state index is 0.103. The second-order valence-corrected chi connectivity index (χ2v) is 4.86. The quantitative estimate of drug-likeness (QED) is 0.828. The highest BCUT2D eigenvalue weighted by atomic mass is 35.5. The van der Waals surface area contributed by atoms with Gasteiger partial charge < -0.3 is 11.1 Å². The molecular formula is C13H15ClN4O2. The van der Waals surface area contributed by atoms with Crippen LogP contribution in [0.4, 0.5) is 5.95 Å². The van der Waals surface area contributed by atoms with Gasteiger partial charge in [-0.1, -0.05) is 11.6 Å². The van der Waals surface area contributed by atoms with Gasteiger partial charge >= 0.3 is 0 Å². The molecule has 6 nitrogen and oxygen atoms in total. The van der Waals surface area contributed by atoms with Crippen molar-refractivity contribution < 1.29 is 4.79 Å². The first kappa shape index (κ1) is 14.3. The molecule has 0 saturated carbocycles. The van der Waals surface area contributed by atoms with Gasteiger partial charge in [0.15, 0.2) is 0 Å². The molecule has 0 aliphatic heterocycles. The Morgan fingerprint density at radius 3 is 2.95 bits per heavy atom. The van der Waals surface area contributed by atoms with E-state index in [1.807, 2.05) is 0 Å². The third-order valence-electron chi connectivity index (χ3n) is 2.88. The van der Waals surface area contributed by atoms with Gasteiger partial charge in [0.05, 0.1) is 10.9 Å². The topological polar surface area (TPSA) is 90.0 Å². The average Bonchev–Trinajstić information content (AvgIpc) is 2.38. The van der Waals surface area contributed by atoms with Crippen molar-refractivity contribution in [2.45, 2.75) is 19.9 Å². The van der Waals surface area contributed by atoms with Gasteiger partial charge in [0, 0.05) is 25.0 Å². The number of rotatable bonds is 4. The van der Waals surface area contributed by atoms with E-state index in [1.165, 1.54) is 11.5 Å². The lowest BCUT2D eigenvalue weighted by Crippen LogP contribution is -2.27. The van der Waals surface area contributed by atoms with Crippen LogP contribution in [0.1, 0.15) is 13.3 Å². The van der Waals surface area contributed by atoms with Gasteiger partial charge in [-0.25, -0.2) is 4.98 Å². The summed E-state index contributed by atoms with van der Waals surface area (Å²) in [6, 6.07) is 4.91. The van der Waals surface area contributed by atoms with Crippen molar-refractivity contribution in [3.63, 3.8) is 0 Å². The van der Waals surface area contributed by atoms with E-state index in [0.29, 0.717) is 35.4 Å². The molecule has 1 aromatic carbocycles. The first-order valence-corrected chi connectivity index (χ1v) is 6.57. The Hall–Kier alpha value is -2.08. The Labute approximate surface area is 120 Å². The van der Waals surface area contributed by atoms with Crippen LogP contribution in [-0.2, 0) is 11.3 Å². The molecule has 2 aromatic rings. The average molecular weight is 295 g/mol. The van der Waals surface area contributed by atoms with Crippen LogP contribution >= 0.6 is 11.6 Å². The molecule has 1 heterocycles. The molecule has 1 aromatic heterocycles. The maximum atomic E-state index is 12.3. The fraction of sp³-hybridized carbons (Fsp3) is 0.308. The molecule has 3 N–H and O–H groups in total. The van der Waals surface area contributed by atoms with Crippen molar-refractivity contribution in [1.82, 2.24) is 14.9 Å². The fourth-order valence-electron chi connectivity index (χ4n) is 1.93. The minimum atomic E-state index is -0.224. The van der Waals surface area contributed by atoms with Crippen molar-refractivity contribution in [2.24, 2.45) is 0 Å². The van der Waals surface area contributed by atoms with Gasteiger partial charge in [-0.3, -0.25) is 14.2 Å². The van der Waals surface area contributed by atoms with E-state index in [9.17, 15) is 9.59 Å². The molecule has 0 aliphatic carbocycles. The molecule has 0 radical (unpaired) electrons. The fourth-order valence-corrected chi connectivity index (χ4v) is 2.10. The van der Waals surface area contributed by atoms with E-state index in [2.05, 4.69) is 10.3 Å². The van der Waals surface area contributed by atoms with Crippen LogP contribution in [-0.4, -0.2) is 22.0 Å². The molecular weight excluding hydrogens is 280 g/mol. The van der Waals surface area contributed by atoms with Crippen molar-refractivity contribution in [3.8, 4) is 0 Å². The number of nitrogens with one attached hydrogen (secondary N) is 1. The Bertz CT molecular complexity index is 711. The van der Waals surface area contributed by atoms with Gasteiger partial charge in [0.2, 0.25) is 11.9 Å². The molecule has 0 bridgehead atoms. The Morgan fingerprint density at radius 1 is 1.50 bits per heavy atom. The SMILES string of the molecule is CC(=O)NCCCn1c(N)nc2ccc(Cl)cc2c1=O. The number of nitrogens with zero attached hydrogens (tertiary/aromatic N) is 2. The highest BCUT2D eigenvalue weighted by molar-refractivity contribution is 6.31. The van der Waals surface area contributed by atoms with Crippen molar-refractivity contribution in [2.75, 3.05) is 12.3 Å². The molecule has 0 atom stereocenters. The van der Waals surface area contributed by atoms with Crippen molar-refractivity contribution in [3.05, 3.63) is 33.6 Å². The van der Waals surface area contributed by atoms with Gasteiger partial charge in [0.25, 0.3) is 5.56 Å². The van der Waals surface area contributed by atoms with E-state index < -0.39 is 0 Å². The molecule has 7 heteroatoms. The van der Waals surface area contributed by atoms with Crippen LogP contribution < -0.4 is 16.6 Å². The third-order valence-corrected chi connectivity index (χ3v) is 3.11. The number of carbonyl (C=O) groups is 1. The zero-order valence-corrected chi connectivity index (χ0v) is 11.8.